The van der Waals surface area contributed by atoms with E-state index in [1.807, 2.05) is 54.6 Å². The molecule has 0 saturated heterocycles. The molecule has 0 atom stereocenters. The summed E-state index contributed by atoms with van der Waals surface area (Å²) in [7, 11) is 0. The molecule has 4 aromatic rings. The van der Waals surface area contributed by atoms with Crippen LogP contribution in [0.2, 0.25) is 0 Å². The number of carbonyl (C=O) groups is 1. The first kappa shape index (κ1) is 17.9. The summed E-state index contributed by atoms with van der Waals surface area (Å²) < 4.78 is 3.97. The number of aromatic nitrogens is 5. The molecule has 28 heavy (non-hydrogen) atoms. The Bertz CT molecular complexity index is 1110. The second-order valence-corrected chi connectivity index (χ2v) is 6.63. The van der Waals surface area contributed by atoms with Gasteiger partial charge in [-0.2, -0.15) is 5.10 Å². The lowest BCUT2D eigenvalue weighted by Crippen LogP contribution is -2.25. The molecule has 2 N–H and O–H groups in total. The van der Waals surface area contributed by atoms with Crippen molar-refractivity contribution in [2.75, 3.05) is 0 Å². The maximum Gasteiger partial charge on any atom is 0.270 e. The summed E-state index contributed by atoms with van der Waals surface area (Å²) in [4.78, 5) is 19.6. The average molecular weight is 390 g/mol. The molecule has 140 valence electrons. The number of amides is 1. The largest absolute Gasteiger partial charge is 0.347 e. The highest BCUT2D eigenvalue weighted by molar-refractivity contribution is 7.71. The van der Waals surface area contributed by atoms with Crippen LogP contribution >= 0.6 is 12.2 Å². The van der Waals surface area contributed by atoms with E-state index < -0.39 is 0 Å². The summed E-state index contributed by atoms with van der Waals surface area (Å²) in [6, 6.07) is 17.6. The first-order valence-electron chi connectivity index (χ1n) is 8.75. The summed E-state index contributed by atoms with van der Waals surface area (Å²) in [5.74, 6) is -0.192. The van der Waals surface area contributed by atoms with Gasteiger partial charge in [0.05, 0.1) is 6.54 Å². The Morgan fingerprint density at radius 3 is 2.54 bits per heavy atom. The molecule has 0 spiro atoms. The van der Waals surface area contributed by atoms with E-state index in [4.69, 9.17) is 12.2 Å². The van der Waals surface area contributed by atoms with Gasteiger partial charge < -0.3 is 10.3 Å². The van der Waals surface area contributed by atoms with E-state index in [0.717, 1.165) is 16.8 Å². The van der Waals surface area contributed by atoms with Gasteiger partial charge >= 0.3 is 0 Å². The van der Waals surface area contributed by atoms with Gasteiger partial charge in [0.2, 0.25) is 0 Å². The molecular weight excluding hydrogens is 372 g/mol. The molecule has 8 heteroatoms. The average Bonchev–Trinajstić information content (AvgIpc) is 3.37. The van der Waals surface area contributed by atoms with Crippen molar-refractivity contribution in [2.45, 2.75) is 13.1 Å². The minimum atomic E-state index is -0.192. The monoisotopic (exact) mass is 390 g/mol. The zero-order valence-corrected chi connectivity index (χ0v) is 15.8. The Morgan fingerprint density at radius 2 is 1.82 bits per heavy atom. The van der Waals surface area contributed by atoms with Crippen LogP contribution in [-0.2, 0) is 13.1 Å². The van der Waals surface area contributed by atoms with Gasteiger partial charge in [0.25, 0.3) is 5.91 Å². The molecule has 0 radical (unpaired) electrons. The smallest absolute Gasteiger partial charge is 0.270 e. The molecule has 2 aromatic heterocycles. The third-order valence-electron chi connectivity index (χ3n) is 4.31. The van der Waals surface area contributed by atoms with Gasteiger partial charge in [0, 0.05) is 18.4 Å². The predicted molar refractivity (Wildman–Crippen MR) is 108 cm³/mol. The van der Waals surface area contributed by atoms with Crippen molar-refractivity contribution < 1.29 is 4.79 Å². The fourth-order valence-corrected chi connectivity index (χ4v) is 3.17. The standard InChI is InChI=1S/C20H18N6OS/c27-19(18-11-23-20(28)26(18)17-4-2-1-3-5-17)22-10-15-6-8-16(9-7-15)12-25-14-21-13-24-25/h1-9,11,13-14H,10,12H2,(H,22,27)(H,23,28). The molecular formula is C20H18N6OS. The number of H-pyrrole nitrogens is 1. The number of nitrogens with one attached hydrogen (secondary N) is 2. The Labute approximate surface area is 166 Å². The van der Waals surface area contributed by atoms with E-state index >= 15 is 0 Å². The number of hydrogen-bond donors (Lipinski definition) is 2. The Kier molecular flexibility index (Phi) is 5.11. The highest BCUT2D eigenvalue weighted by Crippen LogP contribution is 2.13. The molecule has 1 amide bonds. The highest BCUT2D eigenvalue weighted by Gasteiger charge is 2.14. The molecule has 0 unspecified atom stereocenters. The number of carbonyl (C=O) groups excluding carboxylic acids is 1. The number of hydrogen-bond acceptors (Lipinski definition) is 4. The number of imidazole rings is 1. The maximum atomic E-state index is 12.7. The van der Waals surface area contributed by atoms with E-state index in [1.54, 1.807) is 21.8 Å². The second kappa shape index (κ2) is 8.01. The van der Waals surface area contributed by atoms with E-state index in [9.17, 15) is 4.79 Å². The lowest BCUT2D eigenvalue weighted by atomic mass is 10.1. The van der Waals surface area contributed by atoms with E-state index in [1.165, 1.54) is 6.33 Å². The van der Waals surface area contributed by atoms with Gasteiger partial charge in [0.1, 0.15) is 18.3 Å². The van der Waals surface area contributed by atoms with Crippen LogP contribution in [0.15, 0.2) is 73.4 Å². The Hall–Kier alpha value is -3.52. The van der Waals surface area contributed by atoms with Crippen LogP contribution in [0.4, 0.5) is 0 Å². The number of rotatable bonds is 6. The molecule has 2 heterocycles. The van der Waals surface area contributed by atoms with E-state index in [0.29, 0.717) is 23.6 Å². The van der Waals surface area contributed by atoms with Crippen LogP contribution in [0, 0.1) is 4.77 Å². The fraction of sp³-hybridized carbons (Fsp3) is 0.100. The van der Waals surface area contributed by atoms with Gasteiger partial charge in [-0.25, -0.2) is 9.67 Å². The van der Waals surface area contributed by atoms with Crippen molar-refractivity contribution in [3.05, 3.63) is 95.0 Å². The Morgan fingerprint density at radius 1 is 1.07 bits per heavy atom. The molecule has 0 fully saturated rings. The molecule has 0 bridgehead atoms. The first-order valence-corrected chi connectivity index (χ1v) is 9.16. The number of benzene rings is 2. The lowest BCUT2D eigenvalue weighted by molar-refractivity contribution is 0.0944. The fourth-order valence-electron chi connectivity index (χ4n) is 2.91. The first-order chi connectivity index (χ1) is 13.7. The van der Waals surface area contributed by atoms with Gasteiger partial charge in [0.15, 0.2) is 4.77 Å². The second-order valence-electron chi connectivity index (χ2n) is 6.24. The third kappa shape index (κ3) is 3.91. The zero-order valence-electron chi connectivity index (χ0n) is 14.9. The van der Waals surface area contributed by atoms with Crippen LogP contribution in [0.1, 0.15) is 21.6 Å². The molecule has 0 aliphatic rings. The highest BCUT2D eigenvalue weighted by atomic mass is 32.1. The van der Waals surface area contributed by atoms with Gasteiger partial charge in [-0.05, 0) is 35.5 Å². The topological polar surface area (TPSA) is 80.5 Å². The maximum absolute atomic E-state index is 12.7. The van der Waals surface area contributed by atoms with Crippen molar-refractivity contribution in [1.29, 1.82) is 0 Å². The summed E-state index contributed by atoms with van der Waals surface area (Å²) in [6.45, 7) is 1.09. The minimum absolute atomic E-state index is 0.192. The normalized spacial score (nSPS) is 10.7. The molecule has 0 saturated carbocycles. The van der Waals surface area contributed by atoms with Crippen molar-refractivity contribution in [3.63, 3.8) is 0 Å². The number of nitrogens with zero attached hydrogens (tertiary/aromatic N) is 4. The number of para-hydroxylation sites is 1. The molecule has 2 aromatic carbocycles. The summed E-state index contributed by atoms with van der Waals surface area (Å²) in [6.07, 6.45) is 4.83. The molecule has 0 aliphatic carbocycles. The van der Waals surface area contributed by atoms with E-state index in [-0.39, 0.29) is 5.91 Å². The zero-order chi connectivity index (χ0) is 19.3. The minimum Gasteiger partial charge on any atom is -0.347 e. The van der Waals surface area contributed by atoms with Crippen LogP contribution in [0.3, 0.4) is 0 Å². The van der Waals surface area contributed by atoms with E-state index in [2.05, 4.69) is 20.4 Å². The summed E-state index contributed by atoms with van der Waals surface area (Å²) in [5, 5.41) is 7.05. The summed E-state index contributed by atoms with van der Waals surface area (Å²) >= 11 is 5.33. The molecule has 0 aliphatic heterocycles. The SMILES string of the molecule is O=C(NCc1ccc(Cn2cncn2)cc1)c1c[nH]c(=S)n1-c1ccccc1. The Balaban J connectivity index is 1.43. The lowest BCUT2D eigenvalue weighted by Gasteiger charge is -2.09. The van der Waals surface area contributed by atoms with Crippen molar-refractivity contribution in [2.24, 2.45) is 0 Å². The molecule has 4 rings (SSSR count). The van der Waals surface area contributed by atoms with Crippen LogP contribution in [-0.4, -0.2) is 30.2 Å². The molecule has 7 nitrogen and oxygen atoms in total. The predicted octanol–water partition coefficient (Wildman–Crippen LogP) is 3.10. The van der Waals surface area contributed by atoms with Gasteiger partial charge in [-0.1, -0.05) is 42.5 Å². The van der Waals surface area contributed by atoms with Crippen molar-refractivity contribution in [3.8, 4) is 5.69 Å². The van der Waals surface area contributed by atoms with Gasteiger partial charge in [-0.3, -0.25) is 9.36 Å². The van der Waals surface area contributed by atoms with Crippen LogP contribution in [0.5, 0.6) is 0 Å². The quantitative estimate of drug-likeness (QED) is 0.496. The summed E-state index contributed by atoms with van der Waals surface area (Å²) in [5.41, 5.74) is 3.44. The van der Waals surface area contributed by atoms with Crippen LogP contribution in [0.25, 0.3) is 5.69 Å². The van der Waals surface area contributed by atoms with Gasteiger partial charge in [-0.15, -0.1) is 0 Å². The van der Waals surface area contributed by atoms with Crippen LogP contribution < -0.4 is 5.32 Å². The van der Waals surface area contributed by atoms with Crippen molar-refractivity contribution in [1.82, 2.24) is 29.6 Å². The number of aromatic amines is 1. The third-order valence-corrected chi connectivity index (χ3v) is 4.61. The van der Waals surface area contributed by atoms with Crippen molar-refractivity contribution >= 4 is 18.1 Å².